The fraction of sp³-hybridized carbons (Fsp3) is 0.0526. The van der Waals surface area contributed by atoms with Gasteiger partial charge in [-0.25, -0.2) is 4.79 Å². The Morgan fingerprint density at radius 3 is 2.21 bits per heavy atom. The molecule has 0 N–H and O–H groups in total. The lowest BCUT2D eigenvalue weighted by atomic mass is 10.00. The van der Waals surface area contributed by atoms with E-state index in [9.17, 15) is 9.59 Å². The number of hydrogen-bond acceptors (Lipinski definition) is 3. The Balaban J connectivity index is 2.55. The second-order valence-corrected chi connectivity index (χ2v) is 5.54. The zero-order valence-electron chi connectivity index (χ0n) is 12.8. The van der Waals surface area contributed by atoms with Gasteiger partial charge >= 0.3 is 5.97 Å². The van der Waals surface area contributed by atoms with Crippen molar-refractivity contribution in [2.75, 3.05) is 7.11 Å². The second-order valence-electron chi connectivity index (χ2n) is 4.76. The fourth-order valence-electron chi connectivity index (χ4n) is 2.00. The molecule has 0 fully saturated rings. The molecule has 2 aromatic carbocycles. The van der Waals surface area contributed by atoms with Gasteiger partial charge in [0.15, 0.2) is 5.78 Å². The zero-order valence-corrected chi connectivity index (χ0v) is 14.3. The average Bonchev–Trinajstić information content (AvgIpc) is 2.62. The number of halogens is 2. The maximum absolute atomic E-state index is 12.9. The van der Waals surface area contributed by atoms with Gasteiger partial charge in [0.25, 0.3) is 0 Å². The fourth-order valence-corrected chi connectivity index (χ4v) is 2.49. The molecule has 0 bridgehead atoms. The van der Waals surface area contributed by atoms with Gasteiger partial charge in [0.05, 0.1) is 17.2 Å². The molecule has 122 valence electrons. The van der Waals surface area contributed by atoms with Crippen LogP contribution in [0.4, 0.5) is 0 Å². The van der Waals surface area contributed by atoms with Crippen LogP contribution in [0, 0.1) is 0 Å². The van der Waals surface area contributed by atoms with Gasteiger partial charge in [-0.2, -0.15) is 0 Å². The van der Waals surface area contributed by atoms with Gasteiger partial charge in [-0.15, -0.1) is 0 Å². The summed E-state index contributed by atoms with van der Waals surface area (Å²) < 4.78 is 4.57. The number of methoxy groups -OCH3 is 1. The third-order valence-corrected chi connectivity index (χ3v) is 3.97. The third-order valence-electron chi connectivity index (χ3n) is 3.21. The van der Waals surface area contributed by atoms with Crippen molar-refractivity contribution in [2.24, 2.45) is 0 Å². The summed E-state index contributed by atoms with van der Waals surface area (Å²) in [6.07, 6.45) is 2.49. The predicted molar refractivity (Wildman–Crippen MR) is 96.2 cm³/mol. The Morgan fingerprint density at radius 2 is 1.58 bits per heavy atom. The number of ether oxygens (including phenoxy) is 1. The van der Waals surface area contributed by atoms with Gasteiger partial charge < -0.3 is 4.74 Å². The minimum absolute atomic E-state index is 0.154. The molecular formula is C19H14Cl2O3. The van der Waals surface area contributed by atoms with Gasteiger partial charge in [-0.05, 0) is 23.8 Å². The van der Waals surface area contributed by atoms with E-state index >= 15 is 0 Å². The standard InChI is InChI=1S/C19H14Cl2O3/c1-24-17(22)12-11-15(18(21)13-7-3-2-4-8-13)19(23)14-9-5-6-10-16(14)20/h2-12H,1H3/b12-11+,18-15+. The van der Waals surface area contributed by atoms with Gasteiger partial charge in [-0.1, -0.05) is 65.7 Å². The van der Waals surface area contributed by atoms with Crippen molar-refractivity contribution in [3.63, 3.8) is 0 Å². The minimum atomic E-state index is -0.586. The highest BCUT2D eigenvalue weighted by atomic mass is 35.5. The van der Waals surface area contributed by atoms with Gasteiger partial charge in [-0.3, -0.25) is 4.79 Å². The molecule has 0 amide bonds. The van der Waals surface area contributed by atoms with Crippen LogP contribution in [0.3, 0.4) is 0 Å². The molecule has 0 radical (unpaired) electrons. The number of ketones is 1. The largest absolute Gasteiger partial charge is 0.466 e. The number of carbonyl (C=O) groups excluding carboxylic acids is 2. The van der Waals surface area contributed by atoms with Crippen LogP contribution < -0.4 is 0 Å². The summed E-state index contributed by atoms with van der Waals surface area (Å²) in [5.41, 5.74) is 1.11. The number of benzene rings is 2. The molecule has 0 saturated carbocycles. The predicted octanol–water partition coefficient (Wildman–Crippen LogP) is 4.90. The van der Waals surface area contributed by atoms with E-state index in [1.807, 2.05) is 6.07 Å². The first-order valence-corrected chi connectivity index (χ1v) is 7.80. The smallest absolute Gasteiger partial charge is 0.330 e. The molecule has 0 aromatic heterocycles. The topological polar surface area (TPSA) is 43.4 Å². The lowest BCUT2D eigenvalue weighted by Crippen LogP contribution is -2.05. The van der Waals surface area contributed by atoms with Gasteiger partial charge in [0, 0.05) is 17.2 Å². The molecule has 0 aliphatic carbocycles. The first kappa shape index (κ1) is 18.0. The number of esters is 1. The second kappa shape index (κ2) is 8.48. The molecule has 0 spiro atoms. The highest BCUT2D eigenvalue weighted by Crippen LogP contribution is 2.28. The summed E-state index contributed by atoms with van der Waals surface area (Å²) in [4.78, 5) is 24.2. The number of hydrogen-bond donors (Lipinski definition) is 0. The van der Waals surface area contributed by atoms with Crippen LogP contribution in [0.1, 0.15) is 15.9 Å². The van der Waals surface area contributed by atoms with E-state index in [0.717, 1.165) is 6.08 Å². The molecule has 5 heteroatoms. The Kier molecular flexibility index (Phi) is 6.36. The molecule has 0 saturated heterocycles. The Hall–Kier alpha value is -2.36. The summed E-state index contributed by atoms with van der Waals surface area (Å²) in [5, 5.41) is 0.532. The van der Waals surface area contributed by atoms with Crippen LogP contribution in [-0.4, -0.2) is 18.9 Å². The number of carbonyl (C=O) groups is 2. The van der Waals surface area contributed by atoms with Crippen LogP contribution in [0.15, 0.2) is 72.3 Å². The molecule has 2 aromatic rings. The van der Waals surface area contributed by atoms with Crippen molar-refractivity contribution in [3.05, 3.63) is 88.5 Å². The maximum atomic E-state index is 12.9. The van der Waals surface area contributed by atoms with Gasteiger partial charge in [0.2, 0.25) is 0 Å². The van der Waals surface area contributed by atoms with Crippen molar-refractivity contribution in [2.45, 2.75) is 0 Å². The first-order chi connectivity index (χ1) is 11.5. The van der Waals surface area contributed by atoms with Crippen molar-refractivity contribution in [1.82, 2.24) is 0 Å². The lowest BCUT2D eigenvalue weighted by molar-refractivity contribution is -0.134. The van der Waals surface area contributed by atoms with Crippen molar-refractivity contribution in [1.29, 1.82) is 0 Å². The van der Waals surface area contributed by atoms with Gasteiger partial charge in [0.1, 0.15) is 0 Å². The summed E-state index contributed by atoms with van der Waals surface area (Å²) >= 11 is 12.5. The number of allylic oxidation sites excluding steroid dienone is 2. The Labute approximate surface area is 150 Å². The average molecular weight is 361 g/mol. The zero-order chi connectivity index (χ0) is 17.5. The van der Waals surface area contributed by atoms with Crippen LogP contribution >= 0.6 is 23.2 Å². The quantitative estimate of drug-likeness (QED) is 0.329. The van der Waals surface area contributed by atoms with Crippen LogP contribution in [0.2, 0.25) is 5.02 Å². The van der Waals surface area contributed by atoms with E-state index in [1.54, 1.807) is 48.5 Å². The molecule has 24 heavy (non-hydrogen) atoms. The molecule has 2 rings (SSSR count). The molecule has 0 unspecified atom stereocenters. The molecule has 0 aliphatic rings. The van der Waals surface area contributed by atoms with E-state index in [4.69, 9.17) is 23.2 Å². The van der Waals surface area contributed by atoms with Crippen LogP contribution in [0.25, 0.3) is 5.03 Å². The van der Waals surface area contributed by atoms with Crippen molar-refractivity contribution >= 4 is 40.0 Å². The number of rotatable bonds is 5. The van der Waals surface area contributed by atoms with E-state index < -0.39 is 5.97 Å². The molecule has 0 aliphatic heterocycles. The number of Topliss-reactive ketones (excluding diaryl/α,β-unsaturated/α-hetero) is 1. The lowest BCUT2D eigenvalue weighted by Gasteiger charge is -2.08. The van der Waals surface area contributed by atoms with Crippen LogP contribution in [-0.2, 0) is 9.53 Å². The Morgan fingerprint density at radius 1 is 0.958 bits per heavy atom. The van der Waals surface area contributed by atoms with E-state index in [1.165, 1.54) is 13.2 Å². The summed E-state index contributed by atoms with van der Waals surface area (Å²) in [5.74, 6) is -0.966. The maximum Gasteiger partial charge on any atom is 0.330 e. The van der Waals surface area contributed by atoms with E-state index in [2.05, 4.69) is 4.74 Å². The molecule has 0 atom stereocenters. The van der Waals surface area contributed by atoms with Crippen LogP contribution in [0.5, 0.6) is 0 Å². The van der Waals surface area contributed by atoms with Crippen molar-refractivity contribution in [3.8, 4) is 0 Å². The van der Waals surface area contributed by atoms with E-state index in [0.29, 0.717) is 16.1 Å². The monoisotopic (exact) mass is 360 g/mol. The normalized spacial score (nSPS) is 12.0. The molecular weight excluding hydrogens is 347 g/mol. The minimum Gasteiger partial charge on any atom is -0.466 e. The summed E-state index contributed by atoms with van der Waals surface area (Å²) in [6, 6.07) is 15.6. The highest BCUT2D eigenvalue weighted by molar-refractivity contribution is 6.52. The van der Waals surface area contributed by atoms with Crippen molar-refractivity contribution < 1.29 is 14.3 Å². The SMILES string of the molecule is COC(=O)/C=C/C(C(=O)c1ccccc1Cl)=C(\Cl)c1ccccc1. The molecule has 3 nitrogen and oxygen atoms in total. The molecule has 0 heterocycles. The summed E-state index contributed by atoms with van der Waals surface area (Å²) in [7, 11) is 1.25. The van der Waals surface area contributed by atoms with E-state index in [-0.39, 0.29) is 16.4 Å². The third kappa shape index (κ3) is 4.34. The first-order valence-electron chi connectivity index (χ1n) is 7.05. The highest BCUT2D eigenvalue weighted by Gasteiger charge is 2.18. The summed E-state index contributed by atoms with van der Waals surface area (Å²) in [6.45, 7) is 0. The Bertz CT molecular complexity index is 808.